The number of ketones is 1. The molecule has 0 amide bonds. The van der Waals surface area contributed by atoms with E-state index in [4.69, 9.17) is 4.74 Å². The summed E-state index contributed by atoms with van der Waals surface area (Å²) in [7, 11) is 1.67. The fourth-order valence-electron chi connectivity index (χ4n) is 2.14. The van der Waals surface area contributed by atoms with Gasteiger partial charge in [0, 0.05) is 26.5 Å². The number of Topliss-reactive ketones (excluding diaryl/α,β-unsaturated/α-hetero) is 1. The van der Waals surface area contributed by atoms with Crippen LogP contribution in [0.1, 0.15) is 37.0 Å². The van der Waals surface area contributed by atoms with Gasteiger partial charge in [0.25, 0.3) is 5.69 Å². The maximum Gasteiger partial charge on any atom is 0.280 e. The number of nitrogens with zero attached hydrogens (tertiary/aromatic N) is 1. The molecule has 0 spiro atoms. The smallest absolute Gasteiger partial charge is 0.280 e. The number of ether oxygens (including phenoxy) is 1. The topological polar surface area (TPSA) is 134 Å². The van der Waals surface area contributed by atoms with E-state index in [1.54, 1.807) is 26.2 Å². The van der Waals surface area contributed by atoms with Crippen LogP contribution in [0.25, 0.3) is 0 Å². The van der Waals surface area contributed by atoms with Gasteiger partial charge >= 0.3 is 0 Å². The third-order valence-corrected chi connectivity index (χ3v) is 4.82. The number of rotatable bonds is 11. The van der Waals surface area contributed by atoms with Crippen LogP contribution < -0.4 is 16.8 Å². The van der Waals surface area contributed by atoms with E-state index in [0.29, 0.717) is 6.61 Å². The Bertz CT molecular complexity index is 545. The minimum atomic E-state index is -0.509. The first-order valence-electron chi connectivity index (χ1n) is 8.48. The summed E-state index contributed by atoms with van der Waals surface area (Å²) in [6.07, 6.45) is 1.77. The number of nitro groups is 1. The highest BCUT2D eigenvalue weighted by Gasteiger charge is 2.25. The molecule has 1 rings (SSSR count). The summed E-state index contributed by atoms with van der Waals surface area (Å²) >= 11 is 1.50. The number of carbonyl (C=O) groups excluding carboxylic acids is 1. The highest BCUT2D eigenvalue weighted by atomic mass is 32.2. The zero-order chi connectivity index (χ0) is 19.9. The van der Waals surface area contributed by atoms with Crippen molar-refractivity contribution in [2.24, 2.45) is 11.5 Å². The van der Waals surface area contributed by atoms with Crippen LogP contribution in [-0.2, 0) is 4.74 Å². The second kappa shape index (κ2) is 14.6. The summed E-state index contributed by atoms with van der Waals surface area (Å²) in [6.45, 7) is 5.59. The first-order valence-corrected chi connectivity index (χ1v) is 9.42. The number of hydrogen-bond acceptors (Lipinski definition) is 8. The molecule has 0 radical (unpaired) electrons. The molecule has 0 heterocycles. The molecule has 8 nitrogen and oxygen atoms in total. The predicted molar refractivity (Wildman–Crippen MR) is 106 cm³/mol. The molecule has 9 heteroatoms. The van der Waals surface area contributed by atoms with Gasteiger partial charge in [0.1, 0.15) is 0 Å². The molecule has 1 aromatic carbocycles. The summed E-state index contributed by atoms with van der Waals surface area (Å²) in [5.41, 5.74) is 9.29. The van der Waals surface area contributed by atoms with E-state index in [9.17, 15) is 14.9 Å². The molecule has 0 aliphatic carbocycles. The summed E-state index contributed by atoms with van der Waals surface area (Å²) in [5.74, 6) is -0.209. The molecular weight excluding hydrogens is 356 g/mol. The Labute approximate surface area is 159 Å². The quantitative estimate of drug-likeness (QED) is 0.173. The van der Waals surface area contributed by atoms with Gasteiger partial charge in [-0.05, 0) is 32.4 Å². The number of nitrogens with two attached hydrogens (primary N) is 2. The summed E-state index contributed by atoms with van der Waals surface area (Å²) in [6, 6.07) is 6.10. The maximum atomic E-state index is 12.5. The maximum absolute atomic E-state index is 12.5. The number of methoxy groups -OCH3 is 1. The Morgan fingerprint density at radius 3 is 2.54 bits per heavy atom. The van der Waals surface area contributed by atoms with E-state index in [-0.39, 0.29) is 34.3 Å². The van der Waals surface area contributed by atoms with Gasteiger partial charge in [-0.3, -0.25) is 14.9 Å². The highest BCUT2D eigenvalue weighted by Crippen LogP contribution is 2.26. The van der Waals surface area contributed by atoms with Crippen molar-refractivity contribution in [1.82, 2.24) is 5.32 Å². The van der Waals surface area contributed by atoms with Gasteiger partial charge in [0.05, 0.1) is 21.1 Å². The number of hydrogen-bond donors (Lipinski definition) is 3. The van der Waals surface area contributed by atoms with E-state index in [1.807, 2.05) is 6.92 Å². The fourth-order valence-corrected chi connectivity index (χ4v) is 3.29. The Morgan fingerprint density at radius 2 is 2.00 bits per heavy atom. The zero-order valence-corrected chi connectivity index (χ0v) is 16.5. The van der Waals surface area contributed by atoms with Crippen molar-refractivity contribution in [3.8, 4) is 0 Å². The molecule has 0 fully saturated rings. The Kier molecular flexibility index (Phi) is 13.8. The van der Waals surface area contributed by atoms with Gasteiger partial charge in [-0.25, -0.2) is 0 Å². The predicted octanol–water partition coefficient (Wildman–Crippen LogP) is 2.12. The first-order chi connectivity index (χ1) is 12.4. The third-order valence-electron chi connectivity index (χ3n) is 3.37. The Hall–Kier alpha value is -1.52. The highest BCUT2D eigenvalue weighted by molar-refractivity contribution is 8.01. The monoisotopic (exact) mass is 386 g/mol. The van der Waals surface area contributed by atoms with Crippen molar-refractivity contribution in [2.75, 3.05) is 26.9 Å². The molecular formula is C17H30N4O4S. The minimum absolute atomic E-state index is 0.133. The van der Waals surface area contributed by atoms with Crippen molar-refractivity contribution >= 4 is 23.2 Å². The van der Waals surface area contributed by atoms with Gasteiger partial charge in [-0.2, -0.15) is 0 Å². The van der Waals surface area contributed by atoms with Crippen molar-refractivity contribution < 1.29 is 14.5 Å². The number of para-hydroxylation sites is 1. The lowest BCUT2D eigenvalue weighted by Crippen LogP contribution is -2.30. The van der Waals surface area contributed by atoms with Crippen molar-refractivity contribution in [1.29, 1.82) is 0 Å². The van der Waals surface area contributed by atoms with E-state index in [1.165, 1.54) is 23.9 Å². The van der Waals surface area contributed by atoms with Gasteiger partial charge in [-0.15, -0.1) is 11.8 Å². The summed E-state index contributed by atoms with van der Waals surface area (Å²) in [5, 5.41) is 14.2. The average molecular weight is 387 g/mol. The van der Waals surface area contributed by atoms with Crippen LogP contribution in [0.5, 0.6) is 0 Å². The molecule has 0 saturated carbocycles. The van der Waals surface area contributed by atoms with Gasteiger partial charge in [0.2, 0.25) is 0 Å². The Balaban J connectivity index is 0.00000194. The number of nitro benzene ring substituents is 1. The van der Waals surface area contributed by atoms with E-state index < -0.39 is 4.92 Å². The van der Waals surface area contributed by atoms with Crippen LogP contribution in [0.4, 0.5) is 5.69 Å². The molecule has 1 aromatic rings. The minimum Gasteiger partial charge on any atom is -0.385 e. The van der Waals surface area contributed by atoms with Gasteiger partial charge in [-0.1, -0.05) is 19.1 Å². The molecule has 5 N–H and O–H groups in total. The molecule has 2 unspecified atom stereocenters. The second-order valence-electron chi connectivity index (χ2n) is 5.35. The standard InChI is InChI=1S/C16H24N2O4S.CH6N2/c1-4-15(17-10-7-11-22-3)23-12(2)16(19)13-8-5-6-9-14(13)18(20)21;2-1-3/h5-6,8-9,12,15,17H,4,7,10-11H2,1-3H3;1-3H2. The number of thioether (sulfide) groups is 1. The molecule has 148 valence electrons. The summed E-state index contributed by atoms with van der Waals surface area (Å²) < 4.78 is 5.01. The number of benzene rings is 1. The van der Waals surface area contributed by atoms with Gasteiger partial charge < -0.3 is 21.5 Å². The second-order valence-corrected chi connectivity index (χ2v) is 6.90. The lowest BCUT2D eigenvalue weighted by atomic mass is 10.1. The van der Waals surface area contributed by atoms with E-state index >= 15 is 0 Å². The first kappa shape index (κ1) is 24.5. The van der Waals surface area contributed by atoms with Gasteiger partial charge in [0.15, 0.2) is 5.78 Å². The van der Waals surface area contributed by atoms with Crippen LogP contribution in [0.3, 0.4) is 0 Å². The van der Waals surface area contributed by atoms with Crippen LogP contribution in [-0.4, -0.2) is 48.3 Å². The Morgan fingerprint density at radius 1 is 1.38 bits per heavy atom. The normalized spacial score (nSPS) is 12.7. The third kappa shape index (κ3) is 9.25. The molecule has 2 atom stereocenters. The average Bonchev–Trinajstić information content (AvgIpc) is 2.64. The largest absolute Gasteiger partial charge is 0.385 e. The van der Waals surface area contributed by atoms with Crippen LogP contribution in [0.15, 0.2) is 24.3 Å². The molecule has 0 aliphatic heterocycles. The fraction of sp³-hybridized carbons (Fsp3) is 0.588. The van der Waals surface area contributed by atoms with Crippen LogP contribution >= 0.6 is 11.8 Å². The molecule has 0 saturated heterocycles. The van der Waals surface area contributed by atoms with Crippen molar-refractivity contribution in [3.05, 3.63) is 39.9 Å². The van der Waals surface area contributed by atoms with E-state index in [0.717, 1.165) is 19.4 Å². The van der Waals surface area contributed by atoms with Crippen LogP contribution in [0.2, 0.25) is 0 Å². The molecule has 0 aliphatic rings. The zero-order valence-electron chi connectivity index (χ0n) is 15.6. The van der Waals surface area contributed by atoms with Crippen molar-refractivity contribution in [3.63, 3.8) is 0 Å². The van der Waals surface area contributed by atoms with E-state index in [2.05, 4.69) is 16.8 Å². The molecule has 0 aromatic heterocycles. The lowest BCUT2D eigenvalue weighted by Gasteiger charge is -2.20. The van der Waals surface area contributed by atoms with Crippen molar-refractivity contribution in [2.45, 2.75) is 37.3 Å². The molecule has 0 bridgehead atoms. The molecule has 26 heavy (non-hydrogen) atoms. The number of nitrogens with one attached hydrogen (secondary N) is 1. The SMILES string of the molecule is CCC(NCCCOC)SC(C)C(=O)c1ccccc1[N+](=O)[O-].NCN. The van der Waals surface area contributed by atoms with Crippen LogP contribution in [0, 0.1) is 10.1 Å². The number of carbonyl (C=O) groups is 1. The summed E-state index contributed by atoms with van der Waals surface area (Å²) in [4.78, 5) is 23.1. The lowest BCUT2D eigenvalue weighted by molar-refractivity contribution is -0.385.